The van der Waals surface area contributed by atoms with Crippen LogP contribution < -0.4 is 25.4 Å². The third-order valence-electron chi connectivity index (χ3n) is 7.03. The van der Waals surface area contributed by atoms with Crippen LogP contribution in [0.5, 0.6) is 11.5 Å². The van der Waals surface area contributed by atoms with Crippen molar-refractivity contribution in [1.29, 1.82) is 0 Å². The second-order valence-electron chi connectivity index (χ2n) is 10.4. The van der Waals surface area contributed by atoms with Crippen LogP contribution in [0.25, 0.3) is 6.08 Å². The summed E-state index contributed by atoms with van der Waals surface area (Å²) in [6.45, 7) is 0. The molecule has 8 nitrogen and oxygen atoms in total. The molecular weight excluding hydrogens is 646 g/mol. The molecule has 0 heterocycles. The van der Waals surface area contributed by atoms with Crippen molar-refractivity contribution < 1.29 is 23.9 Å². The fourth-order valence-corrected chi connectivity index (χ4v) is 5.98. The fraction of sp³-hybridized carbons (Fsp3) is 0.0789. The Kier molecular flexibility index (Phi) is 11.5. The second kappa shape index (κ2) is 16.4. The molecule has 5 aromatic carbocycles. The molecular formula is C38H32ClN3O5S. The molecule has 0 aliphatic heterocycles. The molecule has 10 heteroatoms. The zero-order valence-corrected chi connectivity index (χ0v) is 27.7. The molecule has 0 radical (unpaired) electrons. The minimum atomic E-state index is -0.609. The summed E-state index contributed by atoms with van der Waals surface area (Å²) >= 11 is 7.47. The highest BCUT2D eigenvalue weighted by atomic mass is 35.5. The van der Waals surface area contributed by atoms with Crippen molar-refractivity contribution in [1.82, 2.24) is 5.32 Å². The van der Waals surface area contributed by atoms with E-state index in [2.05, 4.69) is 16.0 Å². The SMILES string of the molecule is COc1ccc(/C=C(/NC(=O)c2ccccc2)C(=O)Nc2cccc(SC(C(=O)Nc3cccc(Cl)c3)c3ccccc3)c2)cc1OC. The molecule has 48 heavy (non-hydrogen) atoms. The predicted octanol–water partition coefficient (Wildman–Crippen LogP) is 8.24. The Morgan fingerprint density at radius 3 is 2.06 bits per heavy atom. The minimum Gasteiger partial charge on any atom is -0.493 e. The first-order chi connectivity index (χ1) is 23.3. The van der Waals surface area contributed by atoms with Crippen LogP contribution in [-0.2, 0) is 9.59 Å². The van der Waals surface area contributed by atoms with E-state index in [4.69, 9.17) is 21.1 Å². The van der Waals surface area contributed by atoms with Crippen molar-refractivity contribution in [2.24, 2.45) is 0 Å². The number of halogens is 1. The van der Waals surface area contributed by atoms with Crippen molar-refractivity contribution in [2.45, 2.75) is 10.1 Å². The monoisotopic (exact) mass is 677 g/mol. The maximum absolute atomic E-state index is 13.7. The number of ether oxygens (including phenoxy) is 2. The van der Waals surface area contributed by atoms with Crippen LogP contribution in [0, 0.1) is 0 Å². The van der Waals surface area contributed by atoms with Crippen LogP contribution in [0.3, 0.4) is 0 Å². The molecule has 1 unspecified atom stereocenters. The molecule has 1 atom stereocenters. The van der Waals surface area contributed by atoms with Gasteiger partial charge < -0.3 is 25.4 Å². The van der Waals surface area contributed by atoms with Crippen molar-refractivity contribution in [3.63, 3.8) is 0 Å². The van der Waals surface area contributed by atoms with Crippen molar-refractivity contribution in [3.05, 3.63) is 155 Å². The summed E-state index contributed by atoms with van der Waals surface area (Å²) in [5, 5.41) is 8.50. The standard InChI is InChI=1S/C38H32ClN3O5S/c1-46-33-20-19-25(22-34(33)47-2)21-32(42-36(43)27-13-7-4-8-14-27)37(44)40-30-17-10-18-31(24-30)48-35(26-11-5-3-6-12-26)38(45)41-29-16-9-15-28(39)23-29/h3-24,35H,1-2H3,(H,40,44)(H,41,45)(H,42,43)/b32-21+. The normalized spacial score (nSPS) is 11.6. The average Bonchev–Trinajstić information content (AvgIpc) is 3.11. The molecule has 0 fully saturated rings. The number of carbonyl (C=O) groups is 3. The molecule has 5 rings (SSSR count). The molecule has 0 aromatic heterocycles. The highest BCUT2D eigenvalue weighted by Gasteiger charge is 2.23. The number of nitrogens with one attached hydrogen (secondary N) is 3. The molecule has 5 aromatic rings. The number of thioether (sulfide) groups is 1. The smallest absolute Gasteiger partial charge is 0.272 e. The molecule has 242 valence electrons. The summed E-state index contributed by atoms with van der Waals surface area (Å²) in [6.07, 6.45) is 1.56. The predicted molar refractivity (Wildman–Crippen MR) is 192 cm³/mol. The molecule has 3 N–H and O–H groups in total. The Morgan fingerprint density at radius 1 is 0.708 bits per heavy atom. The topological polar surface area (TPSA) is 106 Å². The van der Waals surface area contributed by atoms with E-state index in [1.54, 1.807) is 97.1 Å². The third-order valence-corrected chi connectivity index (χ3v) is 8.51. The van der Waals surface area contributed by atoms with Crippen LogP contribution in [-0.4, -0.2) is 31.9 Å². The third kappa shape index (κ3) is 9.06. The first-order valence-corrected chi connectivity index (χ1v) is 16.1. The largest absolute Gasteiger partial charge is 0.493 e. The quantitative estimate of drug-likeness (QED) is 0.0908. The van der Waals surface area contributed by atoms with Gasteiger partial charge >= 0.3 is 0 Å². The Bertz CT molecular complexity index is 1940. The van der Waals surface area contributed by atoms with Gasteiger partial charge in [0.2, 0.25) is 5.91 Å². The number of hydrogen-bond donors (Lipinski definition) is 3. The summed E-state index contributed by atoms with van der Waals surface area (Å²) in [7, 11) is 3.05. The second-order valence-corrected chi connectivity index (χ2v) is 12.0. The molecule has 0 spiro atoms. The van der Waals surface area contributed by atoms with E-state index in [0.717, 1.165) is 10.5 Å². The number of carbonyl (C=O) groups excluding carboxylic acids is 3. The zero-order chi connectivity index (χ0) is 33.9. The summed E-state index contributed by atoms with van der Waals surface area (Å²) in [6, 6.07) is 37.3. The van der Waals surface area contributed by atoms with Crippen LogP contribution in [0.2, 0.25) is 5.02 Å². The first kappa shape index (κ1) is 33.8. The molecule has 0 bridgehead atoms. The molecule has 0 saturated heterocycles. The number of amides is 3. The molecule has 3 amide bonds. The Hall–Kier alpha value is -5.51. The van der Waals surface area contributed by atoms with Gasteiger partial charge in [0.15, 0.2) is 11.5 Å². The van der Waals surface area contributed by atoms with E-state index in [9.17, 15) is 14.4 Å². The van der Waals surface area contributed by atoms with Crippen LogP contribution in [0.15, 0.2) is 138 Å². The fourth-order valence-electron chi connectivity index (χ4n) is 4.71. The van der Waals surface area contributed by atoms with Crippen LogP contribution in [0.4, 0.5) is 11.4 Å². The number of rotatable bonds is 12. The number of benzene rings is 5. The number of methoxy groups -OCH3 is 2. The van der Waals surface area contributed by atoms with Gasteiger partial charge in [0, 0.05) is 26.9 Å². The van der Waals surface area contributed by atoms with E-state index in [-0.39, 0.29) is 11.6 Å². The van der Waals surface area contributed by atoms with Crippen molar-refractivity contribution in [3.8, 4) is 11.5 Å². The van der Waals surface area contributed by atoms with Gasteiger partial charge in [0.1, 0.15) is 10.9 Å². The summed E-state index contributed by atoms with van der Waals surface area (Å²) < 4.78 is 10.8. The molecule has 0 aliphatic rings. The summed E-state index contributed by atoms with van der Waals surface area (Å²) in [5.74, 6) is -0.227. The van der Waals surface area contributed by atoms with Crippen LogP contribution >= 0.6 is 23.4 Å². The van der Waals surface area contributed by atoms with Gasteiger partial charge in [-0.1, -0.05) is 78.3 Å². The van der Waals surface area contributed by atoms with E-state index < -0.39 is 17.1 Å². The van der Waals surface area contributed by atoms with E-state index in [0.29, 0.717) is 39.0 Å². The lowest BCUT2D eigenvalue weighted by Gasteiger charge is -2.18. The van der Waals surface area contributed by atoms with Crippen molar-refractivity contribution >= 4 is 58.5 Å². The highest BCUT2D eigenvalue weighted by Crippen LogP contribution is 2.37. The lowest BCUT2D eigenvalue weighted by atomic mass is 10.1. The van der Waals surface area contributed by atoms with Gasteiger partial charge in [-0.25, -0.2) is 0 Å². The number of anilines is 2. The van der Waals surface area contributed by atoms with Crippen molar-refractivity contribution in [2.75, 3.05) is 24.9 Å². The van der Waals surface area contributed by atoms with Crippen LogP contribution in [0.1, 0.15) is 26.7 Å². The lowest BCUT2D eigenvalue weighted by molar-refractivity contribution is -0.116. The number of hydrogen-bond acceptors (Lipinski definition) is 6. The molecule has 0 saturated carbocycles. The Morgan fingerprint density at radius 2 is 1.38 bits per heavy atom. The molecule has 0 aliphatic carbocycles. The van der Waals surface area contributed by atoms with Gasteiger partial charge in [-0.2, -0.15) is 0 Å². The van der Waals surface area contributed by atoms with Gasteiger partial charge in [0.05, 0.1) is 14.2 Å². The van der Waals surface area contributed by atoms with E-state index in [1.807, 2.05) is 36.4 Å². The lowest BCUT2D eigenvalue weighted by Crippen LogP contribution is -2.30. The van der Waals surface area contributed by atoms with Gasteiger partial charge in [-0.05, 0) is 77.9 Å². The Labute approximate surface area is 288 Å². The van der Waals surface area contributed by atoms with E-state index in [1.165, 1.54) is 26.0 Å². The van der Waals surface area contributed by atoms with Gasteiger partial charge in [-0.3, -0.25) is 14.4 Å². The average molecular weight is 678 g/mol. The summed E-state index contributed by atoms with van der Waals surface area (Å²) in [5.41, 5.74) is 2.87. The maximum Gasteiger partial charge on any atom is 0.272 e. The van der Waals surface area contributed by atoms with Gasteiger partial charge in [0.25, 0.3) is 11.8 Å². The Balaban J connectivity index is 1.40. The maximum atomic E-state index is 13.7. The van der Waals surface area contributed by atoms with E-state index >= 15 is 0 Å². The van der Waals surface area contributed by atoms with Gasteiger partial charge in [-0.15, -0.1) is 11.8 Å². The first-order valence-electron chi connectivity index (χ1n) is 14.8. The minimum absolute atomic E-state index is 0.0113. The summed E-state index contributed by atoms with van der Waals surface area (Å²) in [4.78, 5) is 41.1. The highest BCUT2D eigenvalue weighted by molar-refractivity contribution is 8.00. The zero-order valence-electron chi connectivity index (χ0n) is 26.1.